The number of nitrogens with zero attached hydrogens (tertiary/aromatic N) is 3. The Morgan fingerprint density at radius 1 is 1.05 bits per heavy atom. The minimum Gasteiger partial charge on any atom is -0.435 e. The third-order valence-corrected chi connectivity index (χ3v) is 7.73. The fraction of sp³-hybridized carbons (Fsp3) is 0.300. The number of alkyl halides is 1. The van der Waals surface area contributed by atoms with E-state index in [0.717, 1.165) is 19.4 Å². The summed E-state index contributed by atoms with van der Waals surface area (Å²) >= 11 is 0. The van der Waals surface area contributed by atoms with E-state index in [9.17, 15) is 21.6 Å². The summed E-state index contributed by atoms with van der Waals surface area (Å²) in [6.07, 6.45) is 4.67. The largest absolute Gasteiger partial charge is 0.435 e. The summed E-state index contributed by atoms with van der Waals surface area (Å²) < 4.78 is 75.7. The molecule has 3 N–H and O–H groups in total. The predicted molar refractivity (Wildman–Crippen MR) is 160 cm³/mol. The summed E-state index contributed by atoms with van der Waals surface area (Å²) in [5.74, 6) is -3.23. The van der Waals surface area contributed by atoms with E-state index >= 15 is 0 Å². The Bertz CT molecular complexity index is 1650. The molecule has 228 valence electrons. The van der Waals surface area contributed by atoms with Gasteiger partial charge in [0.2, 0.25) is 27.7 Å². The van der Waals surface area contributed by atoms with Gasteiger partial charge in [-0.25, -0.2) is 32.2 Å². The minimum atomic E-state index is -4.00. The summed E-state index contributed by atoms with van der Waals surface area (Å²) in [7, 11) is -2.34. The first-order chi connectivity index (χ1) is 20.5. The number of benzene rings is 2. The summed E-state index contributed by atoms with van der Waals surface area (Å²) in [6, 6.07) is 14.5. The van der Waals surface area contributed by atoms with E-state index in [4.69, 9.17) is 4.74 Å². The van der Waals surface area contributed by atoms with Crippen molar-refractivity contribution in [1.82, 2.24) is 20.3 Å². The van der Waals surface area contributed by atoms with E-state index < -0.39 is 44.5 Å². The number of ether oxygens (including phenoxy) is 1. The maximum Gasteiger partial charge on any atom is 0.237 e. The van der Waals surface area contributed by atoms with Crippen molar-refractivity contribution < 1.29 is 26.3 Å². The van der Waals surface area contributed by atoms with E-state index in [1.165, 1.54) is 25.4 Å². The molecule has 0 amide bonds. The lowest BCUT2D eigenvalue weighted by atomic mass is 9.99. The van der Waals surface area contributed by atoms with Crippen LogP contribution in [0.1, 0.15) is 30.9 Å². The number of halogens is 3. The van der Waals surface area contributed by atoms with Gasteiger partial charge in [0, 0.05) is 26.0 Å². The molecule has 1 aliphatic rings. The van der Waals surface area contributed by atoms with Crippen LogP contribution in [0.3, 0.4) is 0 Å². The molecule has 1 atom stereocenters. The van der Waals surface area contributed by atoms with Crippen LogP contribution in [0.4, 0.5) is 24.8 Å². The molecule has 1 saturated heterocycles. The van der Waals surface area contributed by atoms with Crippen molar-refractivity contribution in [2.24, 2.45) is 0 Å². The van der Waals surface area contributed by atoms with Crippen LogP contribution in [0, 0.1) is 18.6 Å². The van der Waals surface area contributed by atoms with E-state index in [2.05, 4.69) is 30.3 Å². The lowest BCUT2D eigenvalue weighted by Gasteiger charge is -2.25. The Labute approximate surface area is 249 Å². The van der Waals surface area contributed by atoms with Gasteiger partial charge >= 0.3 is 0 Å². The van der Waals surface area contributed by atoms with Crippen LogP contribution in [0.2, 0.25) is 0 Å². The van der Waals surface area contributed by atoms with Crippen LogP contribution in [0.15, 0.2) is 67.0 Å². The molecule has 2 aromatic heterocycles. The SMILES string of the molecule is CNc1nccc(-c2cccnc2Oc2cc(C)c(NS(=O)(=O)Cc3ccccc3)c(F)c2F)n1.C[C@]1(F)CCCNC1. The van der Waals surface area contributed by atoms with Crippen molar-refractivity contribution in [2.75, 3.05) is 30.2 Å². The normalized spacial score (nSPS) is 16.5. The van der Waals surface area contributed by atoms with E-state index in [1.54, 1.807) is 62.5 Å². The summed E-state index contributed by atoms with van der Waals surface area (Å²) in [4.78, 5) is 12.5. The first-order valence-electron chi connectivity index (χ1n) is 13.5. The van der Waals surface area contributed by atoms with Crippen molar-refractivity contribution in [3.8, 4) is 22.9 Å². The van der Waals surface area contributed by atoms with Gasteiger partial charge in [-0.2, -0.15) is 4.39 Å². The summed E-state index contributed by atoms with van der Waals surface area (Å²) in [5.41, 5.74) is 0.103. The van der Waals surface area contributed by atoms with Crippen LogP contribution >= 0.6 is 0 Å². The quantitative estimate of drug-likeness (QED) is 0.221. The van der Waals surface area contributed by atoms with Crippen LogP contribution < -0.4 is 20.1 Å². The Kier molecular flexibility index (Phi) is 10.2. The predicted octanol–water partition coefficient (Wildman–Crippen LogP) is 6.00. The van der Waals surface area contributed by atoms with Crippen LogP contribution in [-0.2, 0) is 15.8 Å². The first-order valence-corrected chi connectivity index (χ1v) is 15.2. The topological polar surface area (TPSA) is 118 Å². The van der Waals surface area contributed by atoms with E-state index in [1.807, 2.05) is 0 Å². The van der Waals surface area contributed by atoms with Crippen molar-refractivity contribution in [1.29, 1.82) is 0 Å². The number of pyridine rings is 1. The number of aryl methyl sites for hydroxylation is 1. The molecule has 2 aromatic carbocycles. The van der Waals surface area contributed by atoms with Crippen LogP contribution in [0.25, 0.3) is 11.3 Å². The van der Waals surface area contributed by atoms with Crippen LogP contribution in [0.5, 0.6) is 11.6 Å². The molecule has 1 aliphatic heterocycles. The van der Waals surface area contributed by atoms with Gasteiger partial charge in [0.05, 0.1) is 22.7 Å². The zero-order valence-electron chi connectivity index (χ0n) is 24.0. The van der Waals surface area contributed by atoms with Crippen molar-refractivity contribution in [2.45, 2.75) is 38.1 Å². The van der Waals surface area contributed by atoms with E-state index in [-0.39, 0.29) is 11.4 Å². The Morgan fingerprint density at radius 3 is 2.47 bits per heavy atom. The highest BCUT2D eigenvalue weighted by Crippen LogP contribution is 2.36. The number of piperidine rings is 1. The van der Waals surface area contributed by atoms with Gasteiger partial charge in [0.15, 0.2) is 11.6 Å². The van der Waals surface area contributed by atoms with Gasteiger partial charge in [-0.1, -0.05) is 30.3 Å². The molecule has 0 bridgehead atoms. The zero-order chi connectivity index (χ0) is 31.0. The third-order valence-electron chi connectivity index (χ3n) is 6.51. The first kappa shape index (κ1) is 31.7. The van der Waals surface area contributed by atoms with Crippen molar-refractivity contribution in [3.63, 3.8) is 0 Å². The highest BCUT2D eigenvalue weighted by molar-refractivity contribution is 7.91. The summed E-state index contributed by atoms with van der Waals surface area (Å²) in [6.45, 7) is 4.62. The maximum atomic E-state index is 15.0. The molecule has 1 fully saturated rings. The molecule has 9 nitrogen and oxygen atoms in total. The highest BCUT2D eigenvalue weighted by Gasteiger charge is 2.25. The second-order valence-electron chi connectivity index (χ2n) is 10.2. The number of hydrogen-bond acceptors (Lipinski definition) is 8. The monoisotopic (exact) mass is 614 g/mol. The second kappa shape index (κ2) is 13.8. The standard InChI is InChI=1S/C24H21F2N5O3S.C6H12FN/c1-15-13-19(34-23-17(9-6-11-28-23)18-10-12-29-24(27-2)30-18)20(25)21(26)22(15)31-35(32,33)14-16-7-4-3-5-8-16;1-6(7)3-2-4-8-5-6/h3-13,31H,14H2,1-2H3,(H,27,29,30);8H,2-5H2,1H3/t;6-/m.0/s1. The lowest BCUT2D eigenvalue weighted by molar-refractivity contribution is 0.145. The molecule has 43 heavy (non-hydrogen) atoms. The van der Waals surface area contributed by atoms with Gasteiger partial charge in [0.25, 0.3) is 0 Å². The molecule has 0 aliphatic carbocycles. The number of aromatic nitrogens is 3. The van der Waals surface area contributed by atoms with Crippen LogP contribution in [-0.4, -0.2) is 49.2 Å². The minimum absolute atomic E-state index is 0.0108. The fourth-order valence-corrected chi connectivity index (χ4v) is 5.59. The molecule has 0 unspecified atom stereocenters. The second-order valence-corrected chi connectivity index (χ2v) is 11.9. The van der Waals surface area contributed by atoms with Gasteiger partial charge in [0.1, 0.15) is 5.67 Å². The molecule has 0 radical (unpaired) electrons. The fourth-order valence-electron chi connectivity index (χ4n) is 4.33. The molecular weight excluding hydrogens is 581 g/mol. The van der Waals surface area contributed by atoms with Gasteiger partial charge < -0.3 is 15.4 Å². The number of anilines is 2. The molecule has 3 heterocycles. The van der Waals surface area contributed by atoms with Crippen molar-refractivity contribution >= 4 is 21.7 Å². The Hall–Kier alpha value is -4.23. The third kappa shape index (κ3) is 8.64. The van der Waals surface area contributed by atoms with Gasteiger partial charge in [-0.15, -0.1) is 0 Å². The number of sulfonamides is 1. The average Bonchev–Trinajstić information content (AvgIpc) is 2.99. The van der Waals surface area contributed by atoms with Crippen molar-refractivity contribution in [3.05, 3.63) is 89.8 Å². The van der Waals surface area contributed by atoms with Gasteiger partial charge in [-0.05, 0) is 68.6 Å². The number of nitrogens with one attached hydrogen (secondary N) is 3. The molecule has 0 spiro atoms. The number of rotatable bonds is 8. The number of hydrogen-bond donors (Lipinski definition) is 3. The molecule has 4 aromatic rings. The lowest BCUT2D eigenvalue weighted by Crippen LogP contribution is -2.39. The van der Waals surface area contributed by atoms with E-state index in [0.29, 0.717) is 29.3 Å². The Morgan fingerprint density at radius 2 is 1.81 bits per heavy atom. The molecule has 0 saturated carbocycles. The van der Waals surface area contributed by atoms with Gasteiger partial charge in [-0.3, -0.25) is 4.72 Å². The molecular formula is C30H33F3N6O3S. The Balaban J connectivity index is 0.000000458. The molecule has 5 rings (SSSR count). The smallest absolute Gasteiger partial charge is 0.237 e. The summed E-state index contributed by atoms with van der Waals surface area (Å²) in [5, 5.41) is 5.82. The average molecular weight is 615 g/mol. The zero-order valence-corrected chi connectivity index (χ0v) is 24.8. The maximum absolute atomic E-state index is 15.0. The molecule has 13 heteroatoms. The highest BCUT2D eigenvalue weighted by atomic mass is 32.2.